The van der Waals surface area contributed by atoms with Gasteiger partial charge >= 0.3 is 19.8 Å². The highest BCUT2D eigenvalue weighted by Crippen LogP contribution is 2.30. The number of ether oxygens (including phenoxy) is 1. The predicted molar refractivity (Wildman–Crippen MR) is 48.7 cm³/mol. The van der Waals surface area contributed by atoms with Gasteiger partial charge in [0.25, 0.3) is 0 Å². The standard InChI is InChI=1S/C7H7IO4/c1-12-5-2-3-6(8(10)11)7(9)4-5/h2-4,9H,1H3. The van der Waals surface area contributed by atoms with E-state index < -0.39 is 19.8 Å². The second kappa shape index (κ2) is 3.70. The molecule has 0 bridgehead atoms. The first kappa shape index (κ1) is 9.24. The van der Waals surface area contributed by atoms with E-state index in [-0.39, 0.29) is 9.32 Å². The topological polar surface area (TPSA) is 63.6 Å². The average Bonchev–Trinajstić information content (AvgIpc) is 2.03. The van der Waals surface area contributed by atoms with Crippen molar-refractivity contribution in [3.8, 4) is 11.5 Å². The van der Waals surface area contributed by atoms with Gasteiger partial charge in [-0.3, -0.25) is 0 Å². The summed E-state index contributed by atoms with van der Waals surface area (Å²) in [6.45, 7) is 0. The number of halogens is 1. The lowest BCUT2D eigenvalue weighted by Gasteiger charge is -1.99. The van der Waals surface area contributed by atoms with Crippen molar-refractivity contribution in [2.24, 2.45) is 0 Å². The normalized spacial score (nSPS) is 10.2. The van der Waals surface area contributed by atoms with Crippen molar-refractivity contribution < 1.29 is 16.0 Å². The van der Waals surface area contributed by atoms with E-state index in [1.165, 1.54) is 25.3 Å². The van der Waals surface area contributed by atoms with Crippen molar-refractivity contribution >= 4 is 19.8 Å². The monoisotopic (exact) mass is 282 g/mol. The smallest absolute Gasteiger partial charge is 0.344 e. The summed E-state index contributed by atoms with van der Waals surface area (Å²) in [6, 6.07) is 4.10. The zero-order chi connectivity index (χ0) is 9.14. The Morgan fingerprint density at radius 3 is 2.50 bits per heavy atom. The van der Waals surface area contributed by atoms with Crippen LogP contribution in [-0.4, -0.2) is 12.2 Å². The molecule has 0 spiro atoms. The summed E-state index contributed by atoms with van der Waals surface area (Å²) in [7, 11) is 1.44. The molecule has 0 saturated carbocycles. The molecule has 0 heterocycles. The van der Waals surface area contributed by atoms with Crippen LogP contribution in [0.5, 0.6) is 11.5 Å². The molecule has 0 aliphatic carbocycles. The van der Waals surface area contributed by atoms with E-state index in [9.17, 15) is 6.14 Å². The number of benzene rings is 1. The molecule has 0 saturated heterocycles. The van der Waals surface area contributed by atoms with Crippen LogP contribution in [0.15, 0.2) is 18.2 Å². The molecule has 0 aromatic heterocycles. The quantitative estimate of drug-likeness (QED) is 0.840. The van der Waals surface area contributed by atoms with Crippen molar-refractivity contribution in [1.29, 1.82) is 0 Å². The summed E-state index contributed by atoms with van der Waals surface area (Å²) in [5, 5.41) is 9.15. The summed E-state index contributed by atoms with van der Waals surface area (Å²) in [5.41, 5.74) is 0. The molecule has 0 unspecified atom stereocenters. The van der Waals surface area contributed by atoms with E-state index in [2.05, 4.69) is 0 Å². The minimum absolute atomic E-state index is 0.000000000000000444. The third kappa shape index (κ3) is 1.84. The van der Waals surface area contributed by atoms with E-state index in [4.69, 9.17) is 9.84 Å². The maximum atomic E-state index is 10.5. The molecule has 0 fully saturated rings. The fourth-order valence-electron chi connectivity index (χ4n) is 0.750. The van der Waals surface area contributed by atoms with Gasteiger partial charge in [0.15, 0.2) is 0 Å². The SMILES string of the molecule is COc1ccc(I(=O)=O)c(O)c1. The van der Waals surface area contributed by atoms with Gasteiger partial charge in [-0.15, -0.1) is 0 Å². The first-order chi connectivity index (χ1) is 5.65. The van der Waals surface area contributed by atoms with E-state index >= 15 is 0 Å². The van der Waals surface area contributed by atoms with Gasteiger partial charge in [-0.25, -0.2) is 6.14 Å². The summed E-state index contributed by atoms with van der Waals surface area (Å²) >= 11 is -3.57. The minimum Gasteiger partial charge on any atom is -0.507 e. The lowest BCUT2D eigenvalue weighted by atomic mass is 10.3. The molecule has 0 amide bonds. The van der Waals surface area contributed by atoms with E-state index in [1.54, 1.807) is 0 Å². The van der Waals surface area contributed by atoms with Crippen LogP contribution >= 0.6 is 19.8 Å². The molecule has 1 rings (SSSR count). The highest BCUT2D eigenvalue weighted by Gasteiger charge is 2.06. The van der Waals surface area contributed by atoms with Crippen molar-refractivity contribution in [3.63, 3.8) is 0 Å². The zero-order valence-corrected chi connectivity index (χ0v) is 8.44. The second-order valence-electron chi connectivity index (χ2n) is 2.03. The highest BCUT2D eigenvalue weighted by atomic mass is 127. The number of hydrogen-bond donors (Lipinski definition) is 1. The molecule has 0 aliphatic heterocycles. The van der Waals surface area contributed by atoms with Gasteiger partial charge in [0.2, 0.25) is 0 Å². The van der Waals surface area contributed by atoms with E-state index in [0.29, 0.717) is 5.75 Å². The summed E-state index contributed by atoms with van der Waals surface area (Å²) in [5.74, 6) is 0.193. The Balaban J connectivity index is 3.20. The zero-order valence-electron chi connectivity index (χ0n) is 6.28. The maximum absolute atomic E-state index is 10.5. The Morgan fingerprint density at radius 2 is 2.08 bits per heavy atom. The predicted octanol–water partition coefficient (Wildman–Crippen LogP) is 1.77. The minimum atomic E-state index is -3.57. The molecule has 0 radical (unpaired) electrons. The fourth-order valence-corrected chi connectivity index (χ4v) is 1.83. The molecule has 1 aromatic rings. The van der Waals surface area contributed by atoms with Crippen LogP contribution in [0.3, 0.4) is 0 Å². The Hall–Kier alpha value is -0.850. The van der Waals surface area contributed by atoms with Crippen molar-refractivity contribution in [3.05, 3.63) is 21.8 Å². The second-order valence-corrected chi connectivity index (χ2v) is 4.44. The van der Waals surface area contributed by atoms with Crippen molar-refractivity contribution in [1.82, 2.24) is 0 Å². The number of hydrogen-bond acceptors (Lipinski definition) is 4. The molecule has 4 nitrogen and oxygen atoms in total. The first-order valence-electron chi connectivity index (χ1n) is 3.07. The first-order valence-corrected chi connectivity index (χ1v) is 5.91. The molecule has 1 aromatic carbocycles. The molecule has 12 heavy (non-hydrogen) atoms. The van der Waals surface area contributed by atoms with Crippen molar-refractivity contribution in [2.75, 3.05) is 7.11 Å². The van der Waals surface area contributed by atoms with Crippen LogP contribution in [-0.2, 0) is 6.14 Å². The van der Waals surface area contributed by atoms with E-state index in [1.807, 2.05) is 0 Å². The Kier molecular flexibility index (Phi) is 2.85. The van der Waals surface area contributed by atoms with Crippen LogP contribution in [0, 0.1) is 3.57 Å². The van der Waals surface area contributed by atoms with Crippen LogP contribution < -0.4 is 4.74 Å². The molecule has 0 aliphatic rings. The van der Waals surface area contributed by atoms with Crippen LogP contribution in [0.4, 0.5) is 0 Å². The largest absolute Gasteiger partial charge is 0.507 e. The third-order valence-electron chi connectivity index (χ3n) is 1.32. The molecule has 0 atom stereocenters. The van der Waals surface area contributed by atoms with E-state index in [0.717, 1.165) is 0 Å². The van der Waals surface area contributed by atoms with Crippen molar-refractivity contribution in [2.45, 2.75) is 0 Å². The van der Waals surface area contributed by atoms with Crippen LogP contribution in [0.2, 0.25) is 0 Å². The summed E-state index contributed by atoms with van der Waals surface area (Å²) in [4.78, 5) is 0. The number of aromatic hydroxyl groups is 1. The lowest BCUT2D eigenvalue weighted by Crippen LogP contribution is -1.83. The maximum Gasteiger partial charge on any atom is 0.344 e. The Labute approximate surface area is 76.3 Å². The van der Waals surface area contributed by atoms with Gasteiger partial charge < -0.3 is 9.84 Å². The fraction of sp³-hybridized carbons (Fsp3) is 0.143. The number of phenolic OH excluding ortho intramolecular Hbond substituents is 1. The molecular formula is C7H7IO4. The molecule has 1 N–H and O–H groups in total. The average molecular weight is 282 g/mol. The number of rotatable bonds is 2. The number of phenols is 1. The van der Waals surface area contributed by atoms with Crippen LogP contribution in [0.25, 0.3) is 0 Å². The molecule has 5 heteroatoms. The highest BCUT2D eigenvalue weighted by molar-refractivity contribution is 14.2. The lowest BCUT2D eigenvalue weighted by molar-refractivity contribution is 0.407. The Bertz CT molecular complexity index is 348. The molecule has 66 valence electrons. The molecular weight excluding hydrogens is 275 g/mol. The van der Waals surface area contributed by atoms with Gasteiger partial charge in [-0.05, 0) is 12.1 Å². The van der Waals surface area contributed by atoms with Crippen LogP contribution in [0.1, 0.15) is 0 Å². The van der Waals surface area contributed by atoms with Gasteiger partial charge in [-0.2, -0.15) is 0 Å². The van der Waals surface area contributed by atoms with Gasteiger partial charge in [0.05, 0.1) is 7.11 Å². The number of methoxy groups -OCH3 is 1. The third-order valence-corrected chi connectivity index (χ3v) is 3.18. The Morgan fingerprint density at radius 1 is 1.42 bits per heavy atom. The summed E-state index contributed by atoms with van der Waals surface area (Å²) in [6.07, 6.45) is 0. The van der Waals surface area contributed by atoms with Gasteiger partial charge in [0, 0.05) is 6.07 Å². The summed E-state index contributed by atoms with van der Waals surface area (Å²) < 4.78 is 25.9. The van der Waals surface area contributed by atoms with Gasteiger partial charge in [-0.1, -0.05) is 0 Å². The van der Waals surface area contributed by atoms with Gasteiger partial charge in [0.1, 0.15) is 15.1 Å².